The smallest absolute Gasteiger partial charge is 0.253 e. The van der Waals surface area contributed by atoms with Gasteiger partial charge in [-0.1, -0.05) is 13.0 Å². The van der Waals surface area contributed by atoms with Crippen molar-refractivity contribution in [2.24, 2.45) is 5.92 Å². The van der Waals surface area contributed by atoms with Crippen LogP contribution in [0.1, 0.15) is 37.0 Å². The molecule has 30 heavy (non-hydrogen) atoms. The molecule has 0 aliphatic carbocycles. The third-order valence-electron chi connectivity index (χ3n) is 5.12. The Kier molecular flexibility index (Phi) is 7.06. The van der Waals surface area contributed by atoms with Crippen LogP contribution in [0.2, 0.25) is 0 Å². The molecule has 3 N–H and O–H groups in total. The summed E-state index contributed by atoms with van der Waals surface area (Å²) in [5, 5.41) is 8.52. The molecule has 2 aromatic carbocycles. The number of benzene rings is 2. The summed E-state index contributed by atoms with van der Waals surface area (Å²) in [5.74, 6) is 0.361. The molecule has 3 amide bonds. The zero-order valence-corrected chi connectivity index (χ0v) is 17.4. The maximum atomic E-state index is 12.6. The summed E-state index contributed by atoms with van der Waals surface area (Å²) >= 11 is 0. The van der Waals surface area contributed by atoms with E-state index in [-0.39, 0.29) is 24.3 Å². The third-order valence-corrected chi connectivity index (χ3v) is 5.12. The molecule has 0 aromatic heterocycles. The summed E-state index contributed by atoms with van der Waals surface area (Å²) in [6, 6.07) is 14.2. The van der Waals surface area contributed by atoms with Gasteiger partial charge in [0.05, 0.1) is 6.54 Å². The molecule has 1 fully saturated rings. The third kappa shape index (κ3) is 6.07. The highest BCUT2D eigenvalue weighted by molar-refractivity contribution is 5.96. The molecule has 0 atom stereocenters. The van der Waals surface area contributed by atoms with Crippen LogP contribution in [0.5, 0.6) is 0 Å². The second-order valence-corrected chi connectivity index (χ2v) is 7.72. The number of amides is 3. The lowest BCUT2D eigenvalue weighted by molar-refractivity contribution is -0.115. The summed E-state index contributed by atoms with van der Waals surface area (Å²) in [7, 11) is 0. The van der Waals surface area contributed by atoms with Gasteiger partial charge in [0.25, 0.3) is 5.91 Å². The van der Waals surface area contributed by atoms with Crippen molar-refractivity contribution < 1.29 is 14.4 Å². The highest BCUT2D eigenvalue weighted by Crippen LogP contribution is 2.19. The average molecular weight is 409 g/mol. The molecule has 0 bridgehead atoms. The van der Waals surface area contributed by atoms with Crippen molar-refractivity contribution in [2.75, 3.05) is 35.6 Å². The fraction of sp³-hybridized carbons (Fsp3) is 0.348. The van der Waals surface area contributed by atoms with Crippen LogP contribution < -0.4 is 16.0 Å². The number of carbonyl (C=O) groups excluding carboxylic acids is 3. The predicted molar refractivity (Wildman–Crippen MR) is 119 cm³/mol. The lowest BCUT2D eigenvalue weighted by Crippen LogP contribution is -2.37. The minimum absolute atomic E-state index is 0.0604. The number of anilines is 3. The van der Waals surface area contributed by atoms with E-state index in [9.17, 15) is 14.4 Å². The van der Waals surface area contributed by atoms with Crippen LogP contribution in [0.25, 0.3) is 0 Å². The molecule has 1 aliphatic heterocycles. The largest absolute Gasteiger partial charge is 0.376 e. The van der Waals surface area contributed by atoms with Gasteiger partial charge in [0.15, 0.2) is 0 Å². The van der Waals surface area contributed by atoms with Gasteiger partial charge in [-0.3, -0.25) is 14.4 Å². The Bertz CT molecular complexity index is 903. The van der Waals surface area contributed by atoms with E-state index < -0.39 is 0 Å². The molecule has 0 radical (unpaired) electrons. The van der Waals surface area contributed by atoms with Gasteiger partial charge in [0.2, 0.25) is 11.8 Å². The van der Waals surface area contributed by atoms with Crippen molar-refractivity contribution in [3.63, 3.8) is 0 Å². The number of nitrogens with zero attached hydrogens (tertiary/aromatic N) is 1. The number of hydrogen-bond donors (Lipinski definition) is 3. The zero-order valence-electron chi connectivity index (χ0n) is 17.4. The molecule has 2 aromatic rings. The summed E-state index contributed by atoms with van der Waals surface area (Å²) in [5.41, 5.74) is 2.65. The van der Waals surface area contributed by atoms with E-state index >= 15 is 0 Å². The molecular weight excluding hydrogens is 380 g/mol. The number of rotatable bonds is 6. The molecule has 1 aliphatic rings. The summed E-state index contributed by atoms with van der Waals surface area (Å²) < 4.78 is 0. The van der Waals surface area contributed by atoms with Crippen molar-refractivity contribution >= 4 is 34.8 Å². The number of nitrogens with one attached hydrogen (secondary N) is 3. The van der Waals surface area contributed by atoms with Gasteiger partial charge in [-0.25, -0.2) is 0 Å². The van der Waals surface area contributed by atoms with Gasteiger partial charge in [-0.15, -0.1) is 0 Å². The first-order valence-corrected chi connectivity index (χ1v) is 10.2. The Balaban J connectivity index is 1.49. The van der Waals surface area contributed by atoms with Crippen LogP contribution in [-0.4, -0.2) is 42.3 Å². The van der Waals surface area contributed by atoms with E-state index in [0.29, 0.717) is 22.9 Å². The van der Waals surface area contributed by atoms with Gasteiger partial charge in [-0.2, -0.15) is 0 Å². The van der Waals surface area contributed by atoms with Gasteiger partial charge >= 0.3 is 0 Å². The van der Waals surface area contributed by atoms with E-state index in [2.05, 4.69) is 22.9 Å². The van der Waals surface area contributed by atoms with Gasteiger partial charge < -0.3 is 20.9 Å². The topological polar surface area (TPSA) is 90.5 Å². The molecule has 0 saturated carbocycles. The average Bonchev–Trinajstić information content (AvgIpc) is 2.72. The first-order valence-electron chi connectivity index (χ1n) is 10.2. The molecule has 1 saturated heterocycles. The van der Waals surface area contributed by atoms with E-state index in [4.69, 9.17) is 0 Å². The van der Waals surface area contributed by atoms with Crippen LogP contribution in [-0.2, 0) is 9.59 Å². The van der Waals surface area contributed by atoms with E-state index in [0.717, 1.165) is 31.6 Å². The molecule has 1 heterocycles. The maximum absolute atomic E-state index is 12.6. The molecule has 3 rings (SSSR count). The summed E-state index contributed by atoms with van der Waals surface area (Å²) in [6.07, 6.45) is 2.10. The molecule has 7 heteroatoms. The normalized spacial score (nSPS) is 14.1. The van der Waals surface area contributed by atoms with Gasteiger partial charge in [0, 0.05) is 42.6 Å². The Morgan fingerprint density at radius 2 is 1.57 bits per heavy atom. The molecule has 0 unspecified atom stereocenters. The molecular formula is C23H28N4O3. The lowest BCUT2D eigenvalue weighted by atomic mass is 9.98. The van der Waals surface area contributed by atoms with Crippen LogP contribution >= 0.6 is 0 Å². The maximum Gasteiger partial charge on any atom is 0.253 e. The van der Waals surface area contributed by atoms with Crippen molar-refractivity contribution in [3.05, 3.63) is 54.1 Å². The monoisotopic (exact) mass is 408 g/mol. The first kappa shape index (κ1) is 21.4. The van der Waals surface area contributed by atoms with Crippen molar-refractivity contribution in [1.82, 2.24) is 4.90 Å². The molecule has 7 nitrogen and oxygen atoms in total. The zero-order chi connectivity index (χ0) is 21.5. The summed E-state index contributed by atoms with van der Waals surface area (Å²) in [6.45, 7) is 5.35. The fourth-order valence-corrected chi connectivity index (χ4v) is 3.39. The van der Waals surface area contributed by atoms with E-state index in [1.165, 1.54) is 6.92 Å². The minimum atomic E-state index is -0.211. The van der Waals surface area contributed by atoms with Crippen LogP contribution in [0.4, 0.5) is 17.1 Å². The first-order chi connectivity index (χ1) is 14.4. The molecule has 0 spiro atoms. The number of hydrogen-bond acceptors (Lipinski definition) is 4. The standard InChI is InChI=1S/C23H28N4O3/c1-16-10-12-27(13-11-16)23(30)18-6-8-19(9-7-18)24-15-22(29)26-21-5-3-4-20(14-21)25-17(2)28/h3-9,14,16,24H,10-13,15H2,1-2H3,(H,25,28)(H,26,29). The van der Waals surface area contributed by atoms with Crippen molar-refractivity contribution in [3.8, 4) is 0 Å². The Morgan fingerprint density at radius 3 is 2.20 bits per heavy atom. The van der Waals surface area contributed by atoms with Crippen LogP contribution in [0.3, 0.4) is 0 Å². The minimum Gasteiger partial charge on any atom is -0.376 e. The number of carbonyl (C=O) groups is 3. The SMILES string of the molecule is CC(=O)Nc1cccc(NC(=O)CNc2ccc(C(=O)N3CCC(C)CC3)cc2)c1. The van der Waals surface area contributed by atoms with E-state index in [1.807, 2.05) is 17.0 Å². The van der Waals surface area contributed by atoms with Crippen LogP contribution in [0.15, 0.2) is 48.5 Å². The number of piperidine rings is 1. The Morgan fingerprint density at radius 1 is 0.933 bits per heavy atom. The molecule has 158 valence electrons. The van der Waals surface area contributed by atoms with E-state index in [1.54, 1.807) is 36.4 Å². The Labute approximate surface area is 176 Å². The van der Waals surface area contributed by atoms with Gasteiger partial charge in [-0.05, 0) is 61.2 Å². The second kappa shape index (κ2) is 9.91. The Hall–Kier alpha value is -3.35. The fourth-order valence-electron chi connectivity index (χ4n) is 3.39. The summed E-state index contributed by atoms with van der Waals surface area (Å²) in [4.78, 5) is 37.9. The second-order valence-electron chi connectivity index (χ2n) is 7.72. The number of likely N-dealkylation sites (tertiary alicyclic amines) is 1. The van der Waals surface area contributed by atoms with Crippen molar-refractivity contribution in [2.45, 2.75) is 26.7 Å². The highest BCUT2D eigenvalue weighted by atomic mass is 16.2. The lowest BCUT2D eigenvalue weighted by Gasteiger charge is -2.30. The van der Waals surface area contributed by atoms with Crippen LogP contribution in [0, 0.1) is 5.92 Å². The quantitative estimate of drug-likeness (QED) is 0.682. The van der Waals surface area contributed by atoms with Gasteiger partial charge in [0.1, 0.15) is 0 Å². The highest BCUT2D eigenvalue weighted by Gasteiger charge is 2.21. The van der Waals surface area contributed by atoms with Crippen molar-refractivity contribution in [1.29, 1.82) is 0 Å². The predicted octanol–water partition coefficient (Wildman–Crippen LogP) is 3.57.